The molecule has 0 spiro atoms. The molecule has 1 aromatic heterocycles. The molecule has 6 heteroatoms. The molecule has 0 amide bonds. The van der Waals surface area contributed by atoms with Gasteiger partial charge in [0.2, 0.25) is 0 Å². The van der Waals surface area contributed by atoms with Gasteiger partial charge in [0.1, 0.15) is 11.3 Å². The Balaban J connectivity index is 1.72. The Morgan fingerprint density at radius 3 is 2.29 bits per heavy atom. The van der Waals surface area contributed by atoms with Crippen LogP contribution >= 0.6 is 0 Å². The molecule has 0 fully saturated rings. The quantitative estimate of drug-likeness (QED) is 0.543. The van der Waals surface area contributed by atoms with E-state index in [1.54, 1.807) is 24.3 Å². The number of carbonyl (C=O) groups is 1. The molecule has 1 aliphatic carbocycles. The Labute approximate surface area is 183 Å². The molecule has 0 saturated carbocycles. The number of aryl methyl sites for hydroxylation is 1. The Morgan fingerprint density at radius 1 is 1.03 bits per heavy atom. The maximum Gasteiger partial charge on any atom is 0.261 e. The number of benzene rings is 2. The van der Waals surface area contributed by atoms with Gasteiger partial charge in [-0.05, 0) is 53.1 Å². The van der Waals surface area contributed by atoms with Crippen molar-refractivity contribution >= 4 is 32.5 Å². The number of sulfonamides is 1. The number of furan rings is 1. The van der Waals surface area contributed by atoms with Crippen LogP contribution in [0.3, 0.4) is 0 Å². The Bertz CT molecular complexity index is 1290. The van der Waals surface area contributed by atoms with E-state index in [1.165, 1.54) is 0 Å². The Morgan fingerprint density at radius 2 is 1.68 bits per heavy atom. The second kappa shape index (κ2) is 6.95. The number of hydrogen-bond acceptors (Lipinski definition) is 4. The molecule has 2 aromatic carbocycles. The highest BCUT2D eigenvalue weighted by molar-refractivity contribution is 7.92. The predicted octanol–water partition coefficient (Wildman–Crippen LogP) is 5.99. The highest BCUT2D eigenvalue weighted by Crippen LogP contribution is 2.41. The van der Waals surface area contributed by atoms with Crippen LogP contribution in [-0.2, 0) is 21.9 Å². The minimum Gasteiger partial charge on any atom is -0.460 e. The molecule has 1 heterocycles. The van der Waals surface area contributed by atoms with Crippen molar-refractivity contribution in [2.45, 2.75) is 64.7 Å². The first-order chi connectivity index (χ1) is 14.3. The first-order valence-corrected chi connectivity index (χ1v) is 12.0. The Hall–Kier alpha value is -2.60. The van der Waals surface area contributed by atoms with Gasteiger partial charge in [-0.25, -0.2) is 8.42 Å². The summed E-state index contributed by atoms with van der Waals surface area (Å²) >= 11 is 0. The largest absolute Gasteiger partial charge is 0.460 e. The predicted molar refractivity (Wildman–Crippen MR) is 123 cm³/mol. The normalized spacial score (nSPS) is 16.4. The van der Waals surface area contributed by atoms with Gasteiger partial charge in [0.15, 0.2) is 5.78 Å². The second-order valence-corrected chi connectivity index (χ2v) is 12.1. The van der Waals surface area contributed by atoms with Crippen LogP contribution in [0.25, 0.3) is 11.0 Å². The smallest absolute Gasteiger partial charge is 0.261 e. The van der Waals surface area contributed by atoms with Crippen LogP contribution in [0.15, 0.2) is 45.7 Å². The van der Waals surface area contributed by atoms with E-state index in [0.29, 0.717) is 40.8 Å². The summed E-state index contributed by atoms with van der Waals surface area (Å²) in [5, 5.41) is 0.668. The molecule has 5 nitrogen and oxygen atoms in total. The van der Waals surface area contributed by atoms with E-state index < -0.39 is 10.0 Å². The number of Topliss-reactive ketones (excluding diaryl/α,β-unsaturated/α-hetero) is 1. The molecular formula is C25H29NO4S. The standard InChI is InChI=1S/C25H29NO4S/c1-15-11-21-18(23-20(27)13-25(5,6)14-22(23)30-21)12-19(15)26-31(28,29)17-9-7-16(8-10-17)24(2,3)4/h7-12,26H,13-14H2,1-6H3. The minimum atomic E-state index is -3.77. The molecule has 31 heavy (non-hydrogen) atoms. The van der Waals surface area contributed by atoms with Crippen molar-refractivity contribution in [2.75, 3.05) is 4.72 Å². The number of ketones is 1. The summed E-state index contributed by atoms with van der Waals surface area (Å²) in [6.07, 6.45) is 1.13. The van der Waals surface area contributed by atoms with E-state index >= 15 is 0 Å². The first-order valence-electron chi connectivity index (χ1n) is 10.5. The zero-order valence-corrected chi connectivity index (χ0v) is 19.7. The molecule has 0 atom stereocenters. The monoisotopic (exact) mass is 439 g/mol. The van der Waals surface area contributed by atoms with Crippen LogP contribution in [0.2, 0.25) is 0 Å². The van der Waals surface area contributed by atoms with Crippen molar-refractivity contribution < 1.29 is 17.6 Å². The van der Waals surface area contributed by atoms with E-state index in [9.17, 15) is 13.2 Å². The molecular weight excluding hydrogens is 410 g/mol. The van der Waals surface area contributed by atoms with E-state index in [-0.39, 0.29) is 21.5 Å². The lowest BCUT2D eigenvalue weighted by molar-refractivity contribution is 0.0906. The van der Waals surface area contributed by atoms with E-state index in [4.69, 9.17) is 4.42 Å². The third kappa shape index (κ3) is 4.01. The van der Waals surface area contributed by atoms with Crippen LogP contribution < -0.4 is 4.72 Å². The third-order valence-corrected chi connectivity index (χ3v) is 7.32. The third-order valence-electron chi connectivity index (χ3n) is 5.94. The number of nitrogens with one attached hydrogen (secondary N) is 1. The van der Waals surface area contributed by atoms with Crippen LogP contribution in [0.5, 0.6) is 0 Å². The van der Waals surface area contributed by atoms with Gasteiger partial charge in [0, 0.05) is 18.2 Å². The Kier molecular flexibility index (Phi) is 4.85. The summed E-state index contributed by atoms with van der Waals surface area (Å²) in [7, 11) is -3.77. The van der Waals surface area contributed by atoms with Gasteiger partial charge < -0.3 is 4.42 Å². The SMILES string of the molecule is Cc1cc2oc3c(c2cc1NS(=O)(=O)c1ccc(C(C)(C)C)cc1)C(=O)CC(C)(C)C3. The van der Waals surface area contributed by atoms with Crippen molar-refractivity contribution in [1.82, 2.24) is 0 Å². The average molecular weight is 440 g/mol. The van der Waals surface area contributed by atoms with Gasteiger partial charge >= 0.3 is 0 Å². The summed E-state index contributed by atoms with van der Waals surface area (Å²) in [6, 6.07) is 10.5. The molecule has 1 aliphatic rings. The maximum atomic E-state index is 13.0. The number of anilines is 1. The number of fused-ring (bicyclic) bond motifs is 3. The van der Waals surface area contributed by atoms with Crippen LogP contribution in [-0.4, -0.2) is 14.2 Å². The van der Waals surface area contributed by atoms with E-state index in [2.05, 4.69) is 39.3 Å². The number of hydrogen-bond donors (Lipinski definition) is 1. The number of carbonyl (C=O) groups excluding carboxylic acids is 1. The molecule has 0 unspecified atom stereocenters. The first kappa shape index (κ1) is 21.6. The fraction of sp³-hybridized carbons (Fsp3) is 0.400. The molecule has 4 rings (SSSR count). The highest BCUT2D eigenvalue weighted by atomic mass is 32.2. The van der Waals surface area contributed by atoms with E-state index in [1.807, 2.05) is 19.1 Å². The summed E-state index contributed by atoms with van der Waals surface area (Å²) in [5.74, 6) is 0.730. The molecule has 1 N–H and O–H groups in total. The van der Waals surface area contributed by atoms with Crippen molar-refractivity contribution in [3.05, 3.63) is 58.8 Å². The zero-order valence-electron chi connectivity index (χ0n) is 18.9. The second-order valence-electron chi connectivity index (χ2n) is 10.4. The van der Waals surface area contributed by atoms with Gasteiger partial charge in [-0.3, -0.25) is 9.52 Å². The maximum absolute atomic E-state index is 13.0. The molecule has 0 saturated heterocycles. The van der Waals surface area contributed by atoms with Gasteiger partial charge in [-0.1, -0.05) is 46.8 Å². The molecule has 164 valence electrons. The molecule has 0 radical (unpaired) electrons. The van der Waals surface area contributed by atoms with Crippen LogP contribution in [0, 0.1) is 12.3 Å². The zero-order chi connectivity index (χ0) is 22.8. The summed E-state index contributed by atoms with van der Waals surface area (Å²) in [4.78, 5) is 13.0. The van der Waals surface area contributed by atoms with Gasteiger partial charge in [0.25, 0.3) is 10.0 Å². The molecule has 0 bridgehead atoms. The van der Waals surface area contributed by atoms with Gasteiger partial charge in [-0.2, -0.15) is 0 Å². The summed E-state index contributed by atoms with van der Waals surface area (Å²) < 4.78 is 34.7. The lowest BCUT2D eigenvalue weighted by atomic mass is 9.76. The lowest BCUT2D eigenvalue weighted by Crippen LogP contribution is -2.25. The molecule has 3 aromatic rings. The summed E-state index contributed by atoms with van der Waals surface area (Å²) in [5.41, 5.74) is 3.26. The summed E-state index contributed by atoms with van der Waals surface area (Å²) in [6.45, 7) is 12.2. The topological polar surface area (TPSA) is 76.4 Å². The number of rotatable bonds is 3. The van der Waals surface area contributed by atoms with Crippen molar-refractivity contribution in [1.29, 1.82) is 0 Å². The van der Waals surface area contributed by atoms with Gasteiger partial charge in [0.05, 0.1) is 16.1 Å². The fourth-order valence-corrected chi connectivity index (χ4v) is 5.31. The minimum absolute atomic E-state index is 0.0421. The molecule has 0 aliphatic heterocycles. The fourth-order valence-electron chi connectivity index (χ4n) is 4.19. The van der Waals surface area contributed by atoms with Crippen LogP contribution in [0.4, 0.5) is 5.69 Å². The van der Waals surface area contributed by atoms with Gasteiger partial charge in [-0.15, -0.1) is 0 Å². The van der Waals surface area contributed by atoms with Crippen molar-refractivity contribution in [2.24, 2.45) is 5.41 Å². The van der Waals surface area contributed by atoms with Crippen molar-refractivity contribution in [3.8, 4) is 0 Å². The van der Waals surface area contributed by atoms with Crippen molar-refractivity contribution in [3.63, 3.8) is 0 Å². The van der Waals surface area contributed by atoms with E-state index in [0.717, 1.165) is 11.1 Å². The highest BCUT2D eigenvalue weighted by Gasteiger charge is 2.35. The van der Waals surface area contributed by atoms with Crippen LogP contribution in [0.1, 0.15) is 68.3 Å². The lowest BCUT2D eigenvalue weighted by Gasteiger charge is -2.27. The average Bonchev–Trinajstić information content (AvgIpc) is 2.96.